The zero-order valence-corrected chi connectivity index (χ0v) is 15.2. The van der Waals surface area contributed by atoms with E-state index in [1.54, 1.807) is 6.07 Å². The van der Waals surface area contributed by atoms with Gasteiger partial charge >= 0.3 is 0 Å². The highest BCUT2D eigenvalue weighted by Crippen LogP contribution is 2.13. The van der Waals surface area contributed by atoms with E-state index in [0.717, 1.165) is 30.5 Å². The first kappa shape index (κ1) is 20.1. The predicted octanol–water partition coefficient (Wildman–Crippen LogP) is 3.74. The molecule has 0 aliphatic carbocycles. The lowest BCUT2D eigenvalue weighted by atomic mass is 9.95. The number of hydrogen-bond donors (Lipinski definition) is 2. The third-order valence-corrected chi connectivity index (χ3v) is 4.07. The summed E-state index contributed by atoms with van der Waals surface area (Å²) in [5.74, 6) is -0.141. The Bertz CT molecular complexity index is 586. The molecule has 0 saturated heterocycles. The molecule has 0 fully saturated rings. The van der Waals surface area contributed by atoms with Crippen LogP contribution in [0, 0.1) is 19.8 Å². The number of amides is 1. The summed E-state index contributed by atoms with van der Waals surface area (Å²) in [5, 5.41) is 12.5. The van der Waals surface area contributed by atoms with Crippen molar-refractivity contribution < 1.29 is 9.90 Å². The van der Waals surface area contributed by atoms with Crippen LogP contribution in [0.4, 0.5) is 0 Å². The molecule has 0 saturated carbocycles. The van der Waals surface area contributed by atoms with Crippen molar-refractivity contribution in [3.8, 4) is 0 Å². The smallest absolute Gasteiger partial charge is 0.270 e. The van der Waals surface area contributed by atoms with Gasteiger partial charge in [-0.1, -0.05) is 49.6 Å². The number of unbranched alkanes of at least 4 members (excludes halogenated alkanes) is 1. The van der Waals surface area contributed by atoms with E-state index in [0.29, 0.717) is 5.69 Å². The molecule has 1 aromatic heterocycles. The molecular weight excluding hydrogens is 300 g/mol. The minimum absolute atomic E-state index is 0.0687. The van der Waals surface area contributed by atoms with Crippen LogP contribution < -0.4 is 5.32 Å². The Balaban J connectivity index is 2.99. The number of carbonyl (C=O) groups excluding carboxylic acids is 1. The number of aryl methyl sites for hydroxylation is 2. The van der Waals surface area contributed by atoms with Crippen molar-refractivity contribution in [2.45, 2.75) is 53.0 Å². The molecule has 0 bridgehead atoms. The van der Waals surface area contributed by atoms with Gasteiger partial charge in [0.2, 0.25) is 0 Å². The molecule has 0 aliphatic rings. The molecule has 0 radical (unpaired) electrons. The topological polar surface area (TPSA) is 62.2 Å². The Kier molecular flexibility index (Phi) is 9.02. The molecule has 0 aliphatic heterocycles. The summed E-state index contributed by atoms with van der Waals surface area (Å²) in [7, 11) is 0. The highest BCUT2D eigenvalue weighted by Gasteiger charge is 2.19. The van der Waals surface area contributed by atoms with Crippen LogP contribution in [0.1, 0.15) is 54.9 Å². The van der Waals surface area contributed by atoms with Gasteiger partial charge in [-0.15, -0.1) is 0 Å². The van der Waals surface area contributed by atoms with E-state index in [-0.39, 0.29) is 24.5 Å². The lowest BCUT2D eigenvalue weighted by molar-refractivity contribution is 0.0902. The van der Waals surface area contributed by atoms with E-state index in [1.807, 2.05) is 51.1 Å². The van der Waals surface area contributed by atoms with Gasteiger partial charge in [-0.25, -0.2) is 4.98 Å². The Morgan fingerprint density at radius 2 is 1.92 bits per heavy atom. The van der Waals surface area contributed by atoms with Crippen molar-refractivity contribution in [3.63, 3.8) is 0 Å². The number of carbonyl (C=O) groups is 1. The monoisotopic (exact) mass is 330 g/mol. The molecule has 4 nitrogen and oxygen atoms in total. The summed E-state index contributed by atoms with van der Waals surface area (Å²) in [6, 6.07) is 11.2. The van der Waals surface area contributed by atoms with Crippen molar-refractivity contribution in [2.75, 3.05) is 6.61 Å². The molecule has 1 unspecified atom stereocenters. The van der Waals surface area contributed by atoms with Gasteiger partial charge in [0.25, 0.3) is 5.91 Å². The zero-order chi connectivity index (χ0) is 17.9. The van der Waals surface area contributed by atoms with Crippen molar-refractivity contribution in [1.82, 2.24) is 10.3 Å². The van der Waals surface area contributed by atoms with Crippen LogP contribution in [0.5, 0.6) is 0 Å². The van der Waals surface area contributed by atoms with Crippen LogP contribution in [0.3, 0.4) is 0 Å². The van der Waals surface area contributed by atoms with Crippen molar-refractivity contribution in [1.29, 1.82) is 0 Å². The third kappa shape index (κ3) is 7.09. The first-order valence-electron chi connectivity index (χ1n) is 8.68. The maximum absolute atomic E-state index is 12.6. The highest BCUT2D eigenvalue weighted by atomic mass is 16.3. The van der Waals surface area contributed by atoms with Crippen LogP contribution in [-0.4, -0.2) is 28.6 Å². The van der Waals surface area contributed by atoms with E-state index in [9.17, 15) is 9.90 Å². The number of nitrogens with zero attached hydrogens (tertiary/aromatic N) is 1. The SMILES string of the molecule is CCCC[C@H](CO)C(C)NC(=O)c1ccc(C)ccccc(C)n1. The second kappa shape index (κ2) is 10.8. The third-order valence-electron chi connectivity index (χ3n) is 4.07. The molecule has 2 atom stereocenters. The van der Waals surface area contributed by atoms with Crippen LogP contribution >= 0.6 is 0 Å². The Morgan fingerprint density at radius 3 is 2.58 bits per heavy atom. The summed E-state index contributed by atoms with van der Waals surface area (Å²) in [5.41, 5.74) is 2.20. The van der Waals surface area contributed by atoms with Gasteiger partial charge in [0, 0.05) is 24.3 Å². The molecule has 1 amide bonds. The number of rotatable bonds is 7. The maximum atomic E-state index is 12.6. The van der Waals surface area contributed by atoms with Crippen LogP contribution in [0.2, 0.25) is 0 Å². The molecule has 1 heterocycles. The van der Waals surface area contributed by atoms with Crippen LogP contribution in [0.25, 0.3) is 0 Å². The summed E-state index contributed by atoms with van der Waals surface area (Å²) in [6.45, 7) is 7.98. The fraction of sp³-hybridized carbons (Fsp3) is 0.500. The zero-order valence-electron chi connectivity index (χ0n) is 15.2. The van der Waals surface area contributed by atoms with Crippen molar-refractivity contribution in [2.24, 2.45) is 5.92 Å². The van der Waals surface area contributed by atoms with Crippen LogP contribution in [-0.2, 0) is 0 Å². The minimum atomic E-state index is -0.209. The quantitative estimate of drug-likeness (QED) is 0.800. The molecule has 1 aromatic rings. The molecule has 0 spiro atoms. The molecule has 4 heteroatoms. The van der Waals surface area contributed by atoms with Gasteiger partial charge < -0.3 is 10.4 Å². The number of nitrogens with one attached hydrogen (secondary N) is 1. The van der Waals surface area contributed by atoms with Gasteiger partial charge in [-0.05, 0) is 39.3 Å². The van der Waals surface area contributed by atoms with Crippen molar-refractivity contribution in [3.05, 3.63) is 53.3 Å². The second-order valence-corrected chi connectivity index (χ2v) is 6.28. The summed E-state index contributed by atoms with van der Waals surface area (Å²) < 4.78 is 0. The lowest BCUT2D eigenvalue weighted by Gasteiger charge is -2.22. The molecule has 24 heavy (non-hydrogen) atoms. The Labute approximate surface area is 145 Å². The van der Waals surface area contributed by atoms with E-state index in [2.05, 4.69) is 17.2 Å². The van der Waals surface area contributed by atoms with Gasteiger partial charge in [0.15, 0.2) is 0 Å². The standard InChI is InChI=1S/C20H30N2O2/c1-5-6-11-18(14-23)17(4)22-20(24)19-13-12-15(2)9-7-8-10-16(3)21-19/h7-10,12-13,17-18,23H,5-6,11,14H2,1-4H3,(H,22,24)/t17?,18-/m1/s1. The second-order valence-electron chi connectivity index (χ2n) is 6.28. The van der Waals surface area contributed by atoms with Crippen LogP contribution in [0.15, 0.2) is 36.4 Å². The molecular formula is C20H30N2O2. The largest absolute Gasteiger partial charge is 0.396 e. The average molecular weight is 330 g/mol. The number of aliphatic hydroxyl groups is 1. The first-order valence-corrected chi connectivity index (χ1v) is 8.68. The number of aliphatic hydroxyl groups excluding tert-OH is 1. The fourth-order valence-corrected chi connectivity index (χ4v) is 2.42. The summed E-state index contributed by atoms with van der Waals surface area (Å²) in [4.78, 5) is 17.0. The Hall–Kier alpha value is -1.94. The fourth-order valence-electron chi connectivity index (χ4n) is 2.42. The van der Waals surface area contributed by atoms with E-state index in [1.165, 1.54) is 0 Å². The van der Waals surface area contributed by atoms with Gasteiger partial charge in [-0.2, -0.15) is 0 Å². The van der Waals surface area contributed by atoms with E-state index in [4.69, 9.17) is 0 Å². The molecule has 0 aromatic carbocycles. The molecule has 1 rings (SSSR count). The van der Waals surface area contributed by atoms with Gasteiger partial charge in [-0.3, -0.25) is 4.79 Å². The summed E-state index contributed by atoms with van der Waals surface area (Å²) >= 11 is 0. The molecule has 2 N–H and O–H groups in total. The highest BCUT2D eigenvalue weighted by molar-refractivity contribution is 5.92. The first-order chi connectivity index (χ1) is 11.5. The normalized spacial score (nSPS) is 12.9. The van der Waals surface area contributed by atoms with E-state index >= 15 is 0 Å². The lowest BCUT2D eigenvalue weighted by Crippen LogP contribution is -2.39. The van der Waals surface area contributed by atoms with Gasteiger partial charge in [0.05, 0.1) is 0 Å². The van der Waals surface area contributed by atoms with Gasteiger partial charge in [0.1, 0.15) is 5.69 Å². The molecule has 132 valence electrons. The van der Waals surface area contributed by atoms with Crippen molar-refractivity contribution >= 4 is 5.91 Å². The average Bonchev–Trinajstić information content (AvgIpc) is 2.55. The summed E-state index contributed by atoms with van der Waals surface area (Å²) in [6.07, 6.45) is 3.03. The Morgan fingerprint density at radius 1 is 1.21 bits per heavy atom. The number of hydrogen-bond acceptors (Lipinski definition) is 3. The maximum Gasteiger partial charge on any atom is 0.270 e. The van der Waals surface area contributed by atoms with E-state index < -0.39 is 0 Å². The predicted molar refractivity (Wildman–Crippen MR) is 98.4 cm³/mol. The minimum Gasteiger partial charge on any atom is -0.396 e. The number of aromatic nitrogens is 1.